The van der Waals surface area contributed by atoms with Crippen molar-refractivity contribution < 1.29 is 13.5 Å². The van der Waals surface area contributed by atoms with E-state index in [1.165, 1.54) is 22.9 Å². The Hall–Kier alpha value is -2.94. The monoisotopic (exact) mass is 431 g/mol. The molecular weight excluding hydrogens is 404 g/mol. The molecule has 1 aliphatic rings. The van der Waals surface area contributed by atoms with E-state index in [0.29, 0.717) is 17.0 Å². The minimum atomic E-state index is -2.97. The van der Waals surface area contributed by atoms with E-state index in [2.05, 4.69) is 25.0 Å². The van der Waals surface area contributed by atoms with Gasteiger partial charge in [-0.15, -0.1) is 0 Å². The first-order chi connectivity index (χ1) is 15.0. The third-order valence-corrected chi connectivity index (χ3v) is 5.13. The third-order valence-electron chi connectivity index (χ3n) is 5.13. The molecular formula is C22H27F2N5O2. The molecule has 9 heteroatoms. The topological polar surface area (TPSA) is 81.9 Å². The van der Waals surface area contributed by atoms with Crippen LogP contribution < -0.4 is 15.6 Å². The molecule has 1 N–H and O–H groups in total. The lowest BCUT2D eigenvalue weighted by Gasteiger charge is -2.23. The minimum Gasteiger partial charge on any atom is -0.433 e. The lowest BCUT2D eigenvalue weighted by atomic mass is 9.90. The Morgan fingerprint density at radius 2 is 2.00 bits per heavy atom. The normalized spacial score (nSPS) is 14.4. The van der Waals surface area contributed by atoms with Crippen molar-refractivity contribution in [3.05, 3.63) is 58.0 Å². The van der Waals surface area contributed by atoms with Crippen LogP contribution in [-0.4, -0.2) is 39.2 Å². The van der Waals surface area contributed by atoms with Crippen molar-refractivity contribution in [2.45, 2.75) is 52.7 Å². The maximum absolute atomic E-state index is 13.4. The maximum atomic E-state index is 13.4. The highest BCUT2D eigenvalue weighted by atomic mass is 19.3. The first kappa shape index (κ1) is 22.7. The van der Waals surface area contributed by atoms with E-state index in [-0.39, 0.29) is 29.5 Å². The van der Waals surface area contributed by atoms with E-state index in [1.54, 1.807) is 13.1 Å². The van der Waals surface area contributed by atoms with Crippen LogP contribution in [0.15, 0.2) is 35.4 Å². The van der Waals surface area contributed by atoms with Crippen LogP contribution in [0.5, 0.6) is 5.75 Å². The van der Waals surface area contributed by atoms with Gasteiger partial charge in [-0.1, -0.05) is 13.8 Å². The number of aryl methyl sites for hydroxylation is 1. The molecule has 0 atom stereocenters. The molecule has 0 spiro atoms. The second-order valence-corrected chi connectivity index (χ2v) is 7.04. The SMILES string of the molecule is CC.Cc1ncc2cc(C3CCNCC3)c(=O)n(Cc3ncccc3OC(F)F)c2n1. The highest BCUT2D eigenvalue weighted by molar-refractivity contribution is 5.75. The van der Waals surface area contributed by atoms with Crippen molar-refractivity contribution >= 4 is 11.0 Å². The summed E-state index contributed by atoms with van der Waals surface area (Å²) >= 11 is 0. The molecule has 0 amide bonds. The van der Waals surface area contributed by atoms with E-state index < -0.39 is 6.61 Å². The zero-order chi connectivity index (χ0) is 22.4. The number of alkyl halides is 2. The molecule has 1 saturated heterocycles. The number of rotatable bonds is 5. The van der Waals surface area contributed by atoms with E-state index in [9.17, 15) is 13.6 Å². The Kier molecular flexibility index (Phi) is 7.62. The summed E-state index contributed by atoms with van der Waals surface area (Å²) in [6.45, 7) is 4.43. The molecule has 3 aromatic heterocycles. The standard InChI is InChI=1S/C20H21F2N5O2.C2H6/c1-12-25-10-14-9-15(13-4-7-23-8-5-13)19(28)27(18(14)26-12)11-16-17(29-20(21)22)3-2-6-24-16;1-2/h2-3,6,9-10,13,20,23H,4-5,7-8,11H2,1H3;1-2H3. The Labute approximate surface area is 179 Å². The van der Waals surface area contributed by atoms with Gasteiger partial charge < -0.3 is 10.1 Å². The molecule has 7 nitrogen and oxygen atoms in total. The minimum absolute atomic E-state index is 0.0203. The van der Waals surface area contributed by atoms with E-state index in [4.69, 9.17) is 0 Å². The Bertz CT molecular complexity index is 1080. The van der Waals surface area contributed by atoms with Gasteiger partial charge >= 0.3 is 6.61 Å². The highest BCUT2D eigenvalue weighted by Crippen LogP contribution is 2.26. The van der Waals surface area contributed by atoms with Crippen molar-refractivity contribution in [3.8, 4) is 5.75 Å². The number of hydrogen-bond donors (Lipinski definition) is 1. The summed E-state index contributed by atoms with van der Waals surface area (Å²) in [5, 5.41) is 4.03. The van der Waals surface area contributed by atoms with Gasteiger partial charge in [-0.2, -0.15) is 8.78 Å². The summed E-state index contributed by atoms with van der Waals surface area (Å²) in [4.78, 5) is 26.2. The predicted molar refractivity (Wildman–Crippen MR) is 115 cm³/mol. The molecule has 0 saturated carbocycles. The Morgan fingerprint density at radius 1 is 1.26 bits per heavy atom. The average molecular weight is 431 g/mol. The fraction of sp³-hybridized carbons (Fsp3) is 0.455. The van der Waals surface area contributed by atoms with E-state index in [0.717, 1.165) is 31.3 Å². The lowest BCUT2D eigenvalue weighted by Crippen LogP contribution is -2.32. The number of pyridine rings is 2. The molecule has 166 valence electrons. The second-order valence-electron chi connectivity index (χ2n) is 7.04. The van der Waals surface area contributed by atoms with Gasteiger partial charge in [0.2, 0.25) is 0 Å². The van der Waals surface area contributed by atoms with E-state index in [1.807, 2.05) is 19.9 Å². The zero-order valence-corrected chi connectivity index (χ0v) is 17.9. The fourth-order valence-corrected chi connectivity index (χ4v) is 3.73. The molecule has 0 radical (unpaired) electrons. The molecule has 0 aliphatic carbocycles. The molecule has 31 heavy (non-hydrogen) atoms. The van der Waals surface area contributed by atoms with Crippen LogP contribution in [0.1, 0.15) is 49.7 Å². The van der Waals surface area contributed by atoms with Crippen LogP contribution in [0, 0.1) is 6.92 Å². The molecule has 0 aromatic carbocycles. The largest absolute Gasteiger partial charge is 0.433 e. The fourth-order valence-electron chi connectivity index (χ4n) is 3.73. The number of hydrogen-bond acceptors (Lipinski definition) is 6. The van der Waals surface area contributed by atoms with Crippen molar-refractivity contribution in [1.82, 2.24) is 24.8 Å². The summed E-state index contributed by atoms with van der Waals surface area (Å²) in [6.07, 6.45) is 4.89. The molecule has 3 aromatic rings. The maximum Gasteiger partial charge on any atom is 0.387 e. The van der Waals surface area contributed by atoms with Gasteiger partial charge in [0.25, 0.3) is 5.56 Å². The van der Waals surface area contributed by atoms with Gasteiger partial charge in [-0.25, -0.2) is 9.97 Å². The number of halogens is 2. The molecule has 0 bridgehead atoms. The van der Waals surface area contributed by atoms with Gasteiger partial charge in [0, 0.05) is 23.3 Å². The molecule has 4 heterocycles. The Balaban J connectivity index is 0.00000132. The number of aromatic nitrogens is 4. The first-order valence-electron chi connectivity index (χ1n) is 10.5. The molecule has 4 rings (SSSR count). The Morgan fingerprint density at radius 3 is 2.71 bits per heavy atom. The molecule has 0 unspecified atom stereocenters. The number of nitrogens with zero attached hydrogens (tertiary/aromatic N) is 4. The zero-order valence-electron chi connectivity index (χ0n) is 17.9. The van der Waals surface area contributed by atoms with Gasteiger partial charge in [0.05, 0.1) is 6.54 Å². The van der Waals surface area contributed by atoms with Crippen LogP contribution in [-0.2, 0) is 6.54 Å². The summed E-state index contributed by atoms with van der Waals surface area (Å²) in [5.74, 6) is 0.590. The van der Waals surface area contributed by atoms with Gasteiger partial charge in [-0.3, -0.25) is 14.3 Å². The number of nitrogens with one attached hydrogen (secondary N) is 1. The lowest BCUT2D eigenvalue weighted by molar-refractivity contribution is -0.0507. The molecule has 1 fully saturated rings. The second kappa shape index (κ2) is 10.4. The number of ether oxygens (including phenoxy) is 1. The summed E-state index contributed by atoms with van der Waals surface area (Å²) in [7, 11) is 0. The van der Waals surface area contributed by atoms with Crippen molar-refractivity contribution in [3.63, 3.8) is 0 Å². The van der Waals surface area contributed by atoms with Crippen molar-refractivity contribution in [1.29, 1.82) is 0 Å². The number of piperidine rings is 1. The van der Waals surface area contributed by atoms with Crippen LogP contribution in [0.25, 0.3) is 11.0 Å². The van der Waals surface area contributed by atoms with Gasteiger partial charge in [-0.05, 0) is 57.0 Å². The summed E-state index contributed by atoms with van der Waals surface area (Å²) in [5.41, 5.74) is 1.21. The highest BCUT2D eigenvalue weighted by Gasteiger charge is 2.22. The van der Waals surface area contributed by atoms with Crippen LogP contribution in [0.4, 0.5) is 8.78 Å². The van der Waals surface area contributed by atoms with Crippen molar-refractivity contribution in [2.24, 2.45) is 0 Å². The third kappa shape index (κ3) is 5.22. The smallest absolute Gasteiger partial charge is 0.387 e. The average Bonchev–Trinajstić information content (AvgIpc) is 2.78. The summed E-state index contributed by atoms with van der Waals surface area (Å²) in [6, 6.07) is 4.79. The predicted octanol–water partition coefficient (Wildman–Crippen LogP) is 3.64. The summed E-state index contributed by atoms with van der Waals surface area (Å²) < 4.78 is 31.6. The van der Waals surface area contributed by atoms with E-state index >= 15 is 0 Å². The van der Waals surface area contributed by atoms with Crippen LogP contribution in [0.2, 0.25) is 0 Å². The number of fused-ring (bicyclic) bond motifs is 1. The molecule has 1 aliphatic heterocycles. The van der Waals surface area contributed by atoms with Crippen LogP contribution >= 0.6 is 0 Å². The van der Waals surface area contributed by atoms with Gasteiger partial charge in [0.1, 0.15) is 22.9 Å². The van der Waals surface area contributed by atoms with Gasteiger partial charge in [0.15, 0.2) is 0 Å². The first-order valence-corrected chi connectivity index (χ1v) is 10.5. The van der Waals surface area contributed by atoms with Crippen molar-refractivity contribution in [2.75, 3.05) is 13.1 Å². The quantitative estimate of drug-likeness (QED) is 0.664. The van der Waals surface area contributed by atoms with Crippen LogP contribution in [0.3, 0.4) is 0 Å².